The lowest BCUT2D eigenvalue weighted by molar-refractivity contribution is 0.0912. The average Bonchev–Trinajstić information content (AvgIpc) is 2.42. The lowest BCUT2D eigenvalue weighted by atomic mass is 10.0. The van der Waals surface area contributed by atoms with E-state index in [4.69, 9.17) is 4.74 Å². The van der Waals surface area contributed by atoms with Gasteiger partial charge in [-0.1, -0.05) is 6.42 Å². The summed E-state index contributed by atoms with van der Waals surface area (Å²) in [5.41, 5.74) is 3.02. The zero-order valence-corrected chi connectivity index (χ0v) is 12.2. The number of carbonyl (C=O) groups excluding carboxylic acids is 1. The highest BCUT2D eigenvalue weighted by atomic mass is 16.5. The van der Waals surface area contributed by atoms with Gasteiger partial charge in [0.1, 0.15) is 5.75 Å². The minimum Gasteiger partial charge on any atom is -0.496 e. The molecule has 1 saturated heterocycles. The predicted octanol–water partition coefficient (Wildman–Crippen LogP) is 2.98. The van der Waals surface area contributed by atoms with Crippen molar-refractivity contribution in [3.8, 4) is 5.75 Å². The molecule has 3 heteroatoms. The number of Topliss-reactive ketones (excluding diaryl/α,β-unsaturated/α-hetero) is 1. The van der Waals surface area contributed by atoms with Crippen LogP contribution in [-0.4, -0.2) is 37.4 Å². The molecule has 0 radical (unpaired) electrons. The van der Waals surface area contributed by atoms with Crippen LogP contribution in [-0.2, 0) is 0 Å². The Morgan fingerprint density at radius 1 is 1.16 bits per heavy atom. The van der Waals surface area contributed by atoms with Crippen LogP contribution in [0.2, 0.25) is 0 Å². The van der Waals surface area contributed by atoms with Gasteiger partial charge in [0.25, 0.3) is 0 Å². The van der Waals surface area contributed by atoms with Crippen molar-refractivity contribution in [2.45, 2.75) is 33.1 Å². The van der Waals surface area contributed by atoms with Crippen molar-refractivity contribution in [1.82, 2.24) is 4.90 Å². The molecule has 0 aromatic heterocycles. The van der Waals surface area contributed by atoms with Gasteiger partial charge >= 0.3 is 0 Å². The van der Waals surface area contributed by atoms with Crippen LogP contribution in [0, 0.1) is 13.8 Å². The van der Waals surface area contributed by atoms with Crippen LogP contribution < -0.4 is 4.74 Å². The van der Waals surface area contributed by atoms with Crippen LogP contribution in [0.1, 0.15) is 40.7 Å². The van der Waals surface area contributed by atoms with E-state index in [1.165, 1.54) is 19.3 Å². The number of benzene rings is 1. The molecule has 104 valence electrons. The highest BCUT2D eigenvalue weighted by Gasteiger charge is 2.18. The van der Waals surface area contributed by atoms with E-state index < -0.39 is 0 Å². The van der Waals surface area contributed by atoms with Gasteiger partial charge in [0.2, 0.25) is 0 Å². The van der Waals surface area contributed by atoms with Crippen molar-refractivity contribution in [2.75, 3.05) is 26.7 Å². The summed E-state index contributed by atoms with van der Waals surface area (Å²) in [7, 11) is 1.63. The molecular formula is C16H23NO2. The van der Waals surface area contributed by atoms with E-state index in [0.29, 0.717) is 12.3 Å². The standard InChI is InChI=1S/C16H23NO2/c1-12-9-14(16(19-3)10-13(12)2)15(18)11-17-7-5-4-6-8-17/h9-10H,4-8,11H2,1-3H3. The van der Waals surface area contributed by atoms with Crippen molar-refractivity contribution < 1.29 is 9.53 Å². The lowest BCUT2D eigenvalue weighted by Crippen LogP contribution is -2.34. The summed E-state index contributed by atoms with van der Waals surface area (Å²) in [6.45, 7) is 6.67. The van der Waals surface area contributed by atoms with Gasteiger partial charge in [-0.3, -0.25) is 9.69 Å². The second-order valence-electron chi connectivity index (χ2n) is 5.40. The van der Waals surface area contributed by atoms with Crippen molar-refractivity contribution in [1.29, 1.82) is 0 Å². The molecule has 19 heavy (non-hydrogen) atoms. The zero-order valence-electron chi connectivity index (χ0n) is 12.2. The highest BCUT2D eigenvalue weighted by Crippen LogP contribution is 2.24. The van der Waals surface area contributed by atoms with E-state index in [1.807, 2.05) is 26.0 Å². The molecule has 0 spiro atoms. The highest BCUT2D eigenvalue weighted by molar-refractivity contribution is 6.00. The van der Waals surface area contributed by atoms with Crippen molar-refractivity contribution in [3.63, 3.8) is 0 Å². The number of aryl methyl sites for hydroxylation is 2. The van der Waals surface area contributed by atoms with Crippen LogP contribution in [0.3, 0.4) is 0 Å². The largest absolute Gasteiger partial charge is 0.496 e. The minimum atomic E-state index is 0.168. The Kier molecular flexibility index (Phi) is 4.59. The molecule has 0 amide bonds. The van der Waals surface area contributed by atoms with Crippen LogP contribution >= 0.6 is 0 Å². The summed E-state index contributed by atoms with van der Waals surface area (Å²) < 4.78 is 5.35. The number of methoxy groups -OCH3 is 1. The Balaban J connectivity index is 2.15. The molecule has 0 aliphatic carbocycles. The van der Waals surface area contributed by atoms with Gasteiger partial charge in [-0.15, -0.1) is 0 Å². The van der Waals surface area contributed by atoms with Gasteiger partial charge in [0, 0.05) is 0 Å². The molecule has 0 bridgehead atoms. The number of likely N-dealkylation sites (tertiary alicyclic amines) is 1. The van der Waals surface area contributed by atoms with Crippen LogP contribution in [0.4, 0.5) is 0 Å². The number of ketones is 1. The normalized spacial score (nSPS) is 16.4. The number of rotatable bonds is 4. The second kappa shape index (κ2) is 6.20. The number of carbonyl (C=O) groups is 1. The Labute approximate surface area is 115 Å². The van der Waals surface area contributed by atoms with Crippen molar-refractivity contribution >= 4 is 5.78 Å². The topological polar surface area (TPSA) is 29.5 Å². The molecular weight excluding hydrogens is 238 g/mol. The average molecular weight is 261 g/mol. The van der Waals surface area contributed by atoms with Gasteiger partial charge in [-0.2, -0.15) is 0 Å². The van der Waals surface area contributed by atoms with E-state index in [0.717, 1.165) is 29.8 Å². The molecule has 3 nitrogen and oxygen atoms in total. The SMILES string of the molecule is COc1cc(C)c(C)cc1C(=O)CN1CCCCC1. The summed E-state index contributed by atoms with van der Waals surface area (Å²) in [5, 5.41) is 0. The van der Waals surface area contributed by atoms with Gasteiger partial charge in [0.05, 0.1) is 19.2 Å². The molecule has 1 fully saturated rings. The third-order valence-electron chi connectivity index (χ3n) is 3.93. The summed E-state index contributed by atoms with van der Waals surface area (Å²) in [4.78, 5) is 14.7. The van der Waals surface area contributed by atoms with E-state index in [9.17, 15) is 4.79 Å². The molecule has 0 atom stereocenters. The maximum Gasteiger partial charge on any atom is 0.180 e. The first-order valence-corrected chi connectivity index (χ1v) is 7.02. The fourth-order valence-electron chi connectivity index (χ4n) is 2.58. The van der Waals surface area contributed by atoms with Crippen LogP contribution in [0.25, 0.3) is 0 Å². The number of hydrogen-bond donors (Lipinski definition) is 0. The Bertz CT molecular complexity index is 462. The molecule has 1 aliphatic rings. The van der Waals surface area contributed by atoms with Gasteiger partial charge in [0.15, 0.2) is 5.78 Å². The quantitative estimate of drug-likeness (QED) is 0.780. The first-order chi connectivity index (χ1) is 9.11. The minimum absolute atomic E-state index is 0.168. The molecule has 1 aliphatic heterocycles. The van der Waals surface area contributed by atoms with Gasteiger partial charge in [-0.25, -0.2) is 0 Å². The Morgan fingerprint density at radius 2 is 1.79 bits per heavy atom. The van der Waals surface area contributed by atoms with Gasteiger partial charge < -0.3 is 4.74 Å². The first-order valence-electron chi connectivity index (χ1n) is 7.02. The van der Waals surface area contributed by atoms with E-state index in [1.54, 1.807) is 7.11 Å². The second-order valence-corrected chi connectivity index (χ2v) is 5.40. The molecule has 0 unspecified atom stereocenters. The fraction of sp³-hybridized carbons (Fsp3) is 0.562. The predicted molar refractivity (Wildman–Crippen MR) is 77.1 cm³/mol. The molecule has 1 aromatic carbocycles. The van der Waals surface area contributed by atoms with Crippen LogP contribution in [0.5, 0.6) is 5.75 Å². The summed E-state index contributed by atoms with van der Waals surface area (Å²) in [6.07, 6.45) is 3.70. The molecule has 1 aromatic rings. The lowest BCUT2D eigenvalue weighted by Gasteiger charge is -2.25. The van der Waals surface area contributed by atoms with Gasteiger partial charge in [-0.05, 0) is 63.0 Å². The van der Waals surface area contributed by atoms with E-state index in [2.05, 4.69) is 4.90 Å². The molecule has 2 rings (SSSR count). The third kappa shape index (κ3) is 3.35. The first kappa shape index (κ1) is 14.1. The number of nitrogens with zero attached hydrogens (tertiary/aromatic N) is 1. The van der Waals surface area contributed by atoms with E-state index in [-0.39, 0.29) is 5.78 Å². The fourth-order valence-corrected chi connectivity index (χ4v) is 2.58. The van der Waals surface area contributed by atoms with Crippen molar-refractivity contribution in [2.24, 2.45) is 0 Å². The maximum atomic E-state index is 12.4. The van der Waals surface area contributed by atoms with E-state index >= 15 is 0 Å². The summed E-state index contributed by atoms with van der Waals surface area (Å²) in [6, 6.07) is 3.92. The zero-order chi connectivity index (χ0) is 13.8. The summed E-state index contributed by atoms with van der Waals surface area (Å²) in [5.74, 6) is 0.868. The molecule has 1 heterocycles. The Hall–Kier alpha value is -1.35. The molecule has 0 N–H and O–H groups in total. The number of ether oxygens (including phenoxy) is 1. The maximum absolute atomic E-state index is 12.4. The Morgan fingerprint density at radius 3 is 2.42 bits per heavy atom. The van der Waals surface area contributed by atoms with Crippen LogP contribution in [0.15, 0.2) is 12.1 Å². The smallest absolute Gasteiger partial charge is 0.180 e. The number of piperidine rings is 1. The molecule has 0 saturated carbocycles. The third-order valence-corrected chi connectivity index (χ3v) is 3.93. The summed E-state index contributed by atoms with van der Waals surface area (Å²) >= 11 is 0. The number of hydrogen-bond acceptors (Lipinski definition) is 3. The monoisotopic (exact) mass is 261 g/mol. The van der Waals surface area contributed by atoms with Crippen molar-refractivity contribution in [3.05, 3.63) is 28.8 Å².